The van der Waals surface area contributed by atoms with Crippen LogP contribution in [0.25, 0.3) is 0 Å². The Kier molecular flexibility index (Phi) is 3.72. The minimum absolute atomic E-state index is 0.616. The molecule has 0 spiro atoms. The van der Waals surface area contributed by atoms with Gasteiger partial charge in [-0.25, -0.2) is 0 Å². The molecule has 2 atom stereocenters. The van der Waals surface area contributed by atoms with E-state index < -0.39 is 0 Å². The molecule has 0 bridgehead atoms. The van der Waals surface area contributed by atoms with Crippen LogP contribution in [-0.2, 0) is 0 Å². The minimum Gasteiger partial charge on any atom is -0.370 e. The average molecular weight is 232 g/mol. The maximum Gasteiger partial charge on any atom is 0.0437 e. The summed E-state index contributed by atoms with van der Waals surface area (Å²) in [7, 11) is 2.22. The van der Waals surface area contributed by atoms with E-state index >= 15 is 0 Å². The zero-order valence-corrected chi connectivity index (χ0v) is 11.5. The largest absolute Gasteiger partial charge is 0.370 e. The first kappa shape index (κ1) is 12.4. The molecule has 17 heavy (non-hydrogen) atoms. The van der Waals surface area contributed by atoms with Crippen molar-refractivity contribution >= 4 is 5.69 Å². The van der Waals surface area contributed by atoms with Gasteiger partial charge in [-0.1, -0.05) is 13.0 Å². The lowest BCUT2D eigenvalue weighted by atomic mass is 9.93. The van der Waals surface area contributed by atoms with Crippen molar-refractivity contribution in [2.75, 3.05) is 25.0 Å². The van der Waals surface area contributed by atoms with E-state index in [2.05, 4.69) is 56.2 Å². The molecule has 2 heteroatoms. The highest BCUT2D eigenvalue weighted by molar-refractivity contribution is 5.51. The SMILES string of the molecule is Cc1cc(C)cc(N(C)C2CNCCC2C)c1. The Balaban J connectivity index is 2.20. The zero-order valence-electron chi connectivity index (χ0n) is 11.5. The van der Waals surface area contributed by atoms with Crippen molar-refractivity contribution in [1.82, 2.24) is 5.32 Å². The molecule has 0 aromatic heterocycles. The monoisotopic (exact) mass is 232 g/mol. The lowest BCUT2D eigenvalue weighted by molar-refractivity contribution is 0.338. The summed E-state index contributed by atoms with van der Waals surface area (Å²) in [5.74, 6) is 0.766. The number of nitrogens with one attached hydrogen (secondary N) is 1. The molecule has 2 nitrogen and oxygen atoms in total. The Morgan fingerprint density at radius 2 is 1.82 bits per heavy atom. The Morgan fingerprint density at radius 3 is 2.41 bits per heavy atom. The van der Waals surface area contributed by atoms with Gasteiger partial charge in [-0.15, -0.1) is 0 Å². The number of benzene rings is 1. The van der Waals surface area contributed by atoms with Gasteiger partial charge in [-0.2, -0.15) is 0 Å². The van der Waals surface area contributed by atoms with E-state index in [1.165, 1.54) is 29.8 Å². The highest BCUT2D eigenvalue weighted by Crippen LogP contribution is 2.24. The summed E-state index contributed by atoms with van der Waals surface area (Å²) in [6.45, 7) is 8.98. The summed E-state index contributed by atoms with van der Waals surface area (Å²) >= 11 is 0. The number of rotatable bonds is 2. The van der Waals surface area contributed by atoms with Gasteiger partial charge in [0.15, 0.2) is 0 Å². The molecule has 1 aliphatic heterocycles. The second-order valence-corrected chi connectivity index (χ2v) is 5.49. The van der Waals surface area contributed by atoms with Gasteiger partial charge in [0.05, 0.1) is 0 Å². The van der Waals surface area contributed by atoms with Crippen LogP contribution in [0.2, 0.25) is 0 Å². The first-order valence-corrected chi connectivity index (χ1v) is 6.60. The van der Waals surface area contributed by atoms with Gasteiger partial charge in [0.1, 0.15) is 0 Å². The van der Waals surface area contributed by atoms with Gasteiger partial charge < -0.3 is 10.2 Å². The van der Waals surface area contributed by atoms with Crippen molar-refractivity contribution in [1.29, 1.82) is 0 Å². The molecule has 1 heterocycles. The summed E-state index contributed by atoms with van der Waals surface area (Å²) < 4.78 is 0. The van der Waals surface area contributed by atoms with Crippen molar-refractivity contribution in [2.24, 2.45) is 5.92 Å². The Labute approximate surface area is 105 Å². The lowest BCUT2D eigenvalue weighted by Gasteiger charge is -2.38. The van der Waals surface area contributed by atoms with Crippen molar-refractivity contribution < 1.29 is 0 Å². The molecule has 94 valence electrons. The zero-order chi connectivity index (χ0) is 12.4. The molecule has 1 saturated heterocycles. The van der Waals surface area contributed by atoms with Crippen LogP contribution in [-0.4, -0.2) is 26.2 Å². The maximum atomic E-state index is 3.50. The van der Waals surface area contributed by atoms with E-state index in [9.17, 15) is 0 Å². The molecule has 0 aliphatic carbocycles. The second kappa shape index (κ2) is 5.09. The first-order chi connectivity index (χ1) is 8.08. The number of hydrogen-bond acceptors (Lipinski definition) is 2. The third-order valence-electron chi connectivity index (χ3n) is 3.90. The molecule has 1 aliphatic rings. The van der Waals surface area contributed by atoms with Crippen LogP contribution in [0.3, 0.4) is 0 Å². The fraction of sp³-hybridized carbons (Fsp3) is 0.600. The molecule has 0 amide bonds. The number of likely N-dealkylation sites (N-methyl/N-ethyl adjacent to an activating group) is 1. The highest BCUT2D eigenvalue weighted by atomic mass is 15.2. The van der Waals surface area contributed by atoms with E-state index in [4.69, 9.17) is 0 Å². The molecule has 0 radical (unpaired) electrons. The van der Waals surface area contributed by atoms with E-state index in [0.29, 0.717) is 6.04 Å². The molecule has 2 rings (SSSR count). The molecule has 1 N–H and O–H groups in total. The molecule has 2 unspecified atom stereocenters. The Bertz CT molecular complexity index is 366. The van der Waals surface area contributed by atoms with Gasteiger partial charge in [-0.3, -0.25) is 0 Å². The molecule has 1 fully saturated rings. The third kappa shape index (κ3) is 2.81. The van der Waals surface area contributed by atoms with Crippen molar-refractivity contribution in [2.45, 2.75) is 33.2 Å². The summed E-state index contributed by atoms with van der Waals surface area (Å²) in [5.41, 5.74) is 4.05. The summed E-state index contributed by atoms with van der Waals surface area (Å²) in [6.07, 6.45) is 1.28. The summed E-state index contributed by atoms with van der Waals surface area (Å²) in [5, 5.41) is 3.50. The lowest BCUT2D eigenvalue weighted by Crippen LogP contribution is -2.49. The number of anilines is 1. The minimum atomic E-state index is 0.616. The van der Waals surface area contributed by atoms with Crippen molar-refractivity contribution in [3.8, 4) is 0 Å². The number of piperidine rings is 1. The molecule has 1 aromatic rings. The van der Waals surface area contributed by atoms with Crippen LogP contribution < -0.4 is 10.2 Å². The van der Waals surface area contributed by atoms with E-state index in [1.807, 2.05) is 0 Å². The second-order valence-electron chi connectivity index (χ2n) is 5.49. The maximum absolute atomic E-state index is 3.50. The van der Waals surface area contributed by atoms with Crippen LogP contribution in [0.1, 0.15) is 24.5 Å². The molecular weight excluding hydrogens is 208 g/mol. The normalized spacial score (nSPS) is 24.7. The fourth-order valence-electron chi connectivity index (χ4n) is 2.84. The fourth-order valence-corrected chi connectivity index (χ4v) is 2.84. The van der Waals surface area contributed by atoms with Gasteiger partial charge in [0, 0.05) is 25.3 Å². The Morgan fingerprint density at radius 1 is 1.18 bits per heavy atom. The summed E-state index contributed by atoms with van der Waals surface area (Å²) in [4.78, 5) is 2.44. The molecule has 1 aromatic carbocycles. The number of aryl methyl sites for hydroxylation is 2. The molecule has 0 saturated carbocycles. The summed E-state index contributed by atoms with van der Waals surface area (Å²) in [6, 6.07) is 7.42. The van der Waals surface area contributed by atoms with E-state index in [1.54, 1.807) is 0 Å². The predicted octanol–water partition coefficient (Wildman–Crippen LogP) is 2.74. The topological polar surface area (TPSA) is 15.3 Å². The number of hydrogen-bond donors (Lipinski definition) is 1. The Hall–Kier alpha value is -1.02. The third-order valence-corrected chi connectivity index (χ3v) is 3.90. The quantitative estimate of drug-likeness (QED) is 0.843. The highest BCUT2D eigenvalue weighted by Gasteiger charge is 2.25. The van der Waals surface area contributed by atoms with Crippen LogP contribution in [0.5, 0.6) is 0 Å². The van der Waals surface area contributed by atoms with E-state index in [-0.39, 0.29) is 0 Å². The van der Waals surface area contributed by atoms with Crippen molar-refractivity contribution in [3.63, 3.8) is 0 Å². The van der Waals surface area contributed by atoms with Gasteiger partial charge >= 0.3 is 0 Å². The standard InChI is InChI=1S/C15H24N2/c1-11-7-12(2)9-14(8-11)17(4)15-10-16-6-5-13(15)3/h7-9,13,15-16H,5-6,10H2,1-4H3. The van der Waals surface area contributed by atoms with Gasteiger partial charge in [0.2, 0.25) is 0 Å². The first-order valence-electron chi connectivity index (χ1n) is 6.60. The van der Waals surface area contributed by atoms with Crippen molar-refractivity contribution in [3.05, 3.63) is 29.3 Å². The average Bonchev–Trinajstić information content (AvgIpc) is 2.27. The number of nitrogens with zero attached hydrogens (tertiary/aromatic N) is 1. The van der Waals surface area contributed by atoms with Gasteiger partial charge in [-0.05, 0) is 56.0 Å². The smallest absolute Gasteiger partial charge is 0.0437 e. The van der Waals surface area contributed by atoms with Crippen LogP contribution in [0.4, 0.5) is 5.69 Å². The van der Waals surface area contributed by atoms with Crippen LogP contribution >= 0.6 is 0 Å². The van der Waals surface area contributed by atoms with Gasteiger partial charge in [0.25, 0.3) is 0 Å². The predicted molar refractivity (Wildman–Crippen MR) is 74.8 cm³/mol. The van der Waals surface area contributed by atoms with Crippen LogP contribution in [0.15, 0.2) is 18.2 Å². The van der Waals surface area contributed by atoms with Crippen LogP contribution in [0, 0.1) is 19.8 Å². The van der Waals surface area contributed by atoms with E-state index in [0.717, 1.165) is 12.5 Å². The molecular formula is C15H24N2.